The first-order valence-corrected chi connectivity index (χ1v) is 25.4. The van der Waals surface area contributed by atoms with Crippen LogP contribution in [0, 0.1) is 34.9 Å². The van der Waals surface area contributed by atoms with Gasteiger partial charge in [0, 0.05) is 41.8 Å². The molecule has 7 aromatic heterocycles. The molecule has 0 atom stereocenters. The number of halogens is 7. The van der Waals surface area contributed by atoms with Gasteiger partial charge in [0.15, 0.2) is 46.2 Å². The van der Waals surface area contributed by atoms with Crippen molar-refractivity contribution < 1.29 is 50.3 Å². The number of nitrogens with one attached hydrogen (secondary N) is 1. The third-order valence-electron chi connectivity index (χ3n) is 12.3. The van der Waals surface area contributed by atoms with Gasteiger partial charge in [-0.05, 0) is 147 Å². The van der Waals surface area contributed by atoms with Crippen molar-refractivity contribution in [3.8, 4) is 0 Å². The molecule has 0 unspecified atom stereocenters. The van der Waals surface area contributed by atoms with E-state index in [9.17, 15) is 35.9 Å². The number of hydrogen-bond donors (Lipinski definition) is 4. The molecule has 0 spiro atoms. The Bertz CT molecular complexity index is 3750. The minimum absolute atomic E-state index is 0.224. The van der Waals surface area contributed by atoms with Crippen LogP contribution < -0.4 is 22.2 Å². The van der Waals surface area contributed by atoms with Gasteiger partial charge in [-0.2, -0.15) is 0 Å². The fourth-order valence-corrected chi connectivity index (χ4v) is 7.53. The Morgan fingerprint density at radius 1 is 0.568 bits per heavy atom. The van der Waals surface area contributed by atoms with E-state index in [1.165, 1.54) is 49.2 Å². The van der Waals surface area contributed by atoms with Crippen molar-refractivity contribution in [2.24, 2.45) is 0 Å². The third kappa shape index (κ3) is 16.5. The van der Waals surface area contributed by atoms with E-state index in [0.29, 0.717) is 63.6 Å². The lowest BCUT2D eigenvalue weighted by molar-refractivity contribution is 0.00578. The number of pyridine rings is 5. The second-order valence-electron chi connectivity index (χ2n) is 18.8. The van der Waals surface area contributed by atoms with Crippen LogP contribution in [-0.2, 0) is 27.5 Å². The summed E-state index contributed by atoms with van der Waals surface area (Å²) < 4.78 is 91.5. The second kappa shape index (κ2) is 26.7. The van der Waals surface area contributed by atoms with E-state index in [1.54, 1.807) is 82.1 Å². The van der Waals surface area contributed by atoms with Gasteiger partial charge in [0.25, 0.3) is 5.91 Å². The number of nitrogens with zero attached hydrogens (tertiary/aromatic N) is 9. The van der Waals surface area contributed by atoms with Gasteiger partial charge in [-0.25, -0.2) is 46.1 Å². The molecule has 0 radical (unpaired) electrons. The molecule has 0 aliphatic carbocycles. The standard InChI is InChI=1S/C19H13F2N5O.C12H10F2N2.C11H17BN2O2.C7H5BrF2.C7H5N3O2/c20-15-4-1-12(8-16(15)21)7-13-2-5-17(22-9-13)24-19(27)14-3-6-18-25-23-11-26(18)10-14;13-10-3-1-8(6-11(10)14)5-9-2-4-12(15)16-7-9;1-10(2)11(3,4)16-12(15-10)8-5-6-9(13)14-7-8;8-4-5-1-2-6(9)7(10)3-5;11-7(12)5-1-2-6-9-8-4-10(6)3-5/h1-6,8-11H,7H2,(H,22,24,27);1-4,6-7H,5H2,(H2,15,16);5-7H,1-4H3,(H2,13,14);1-3H,4H2;1-4H,(H,11,12). The predicted molar refractivity (Wildman–Crippen MR) is 295 cm³/mol. The summed E-state index contributed by atoms with van der Waals surface area (Å²) >= 11 is 3.13. The third-order valence-corrected chi connectivity index (χ3v) is 12.9. The molecule has 416 valence electrons. The Balaban J connectivity index is 0.000000153. The van der Waals surface area contributed by atoms with Crippen LogP contribution in [0.2, 0.25) is 0 Å². The molecule has 25 heteroatoms. The number of hydrogen-bond acceptors (Lipinski definition) is 13. The molecular formula is C56H50BBrF6N12O5. The number of amides is 1. The number of carboxylic acids is 1. The number of carbonyl (C=O) groups excluding carboxylic acids is 1. The number of alkyl halides is 1. The van der Waals surface area contributed by atoms with Crippen molar-refractivity contribution in [2.45, 2.75) is 57.1 Å². The molecule has 1 saturated heterocycles. The fraction of sp³-hybridized carbons (Fsp3) is 0.161. The number of nitrogens with two attached hydrogens (primary N) is 2. The quantitative estimate of drug-likeness (QED) is 0.0598. The van der Waals surface area contributed by atoms with Gasteiger partial charge in [0.05, 0.1) is 22.3 Å². The fourth-order valence-electron chi connectivity index (χ4n) is 7.18. The maximum Gasteiger partial charge on any atom is 0.496 e. The van der Waals surface area contributed by atoms with Crippen LogP contribution in [0.4, 0.5) is 43.8 Å². The minimum Gasteiger partial charge on any atom is -0.478 e. The van der Waals surface area contributed by atoms with E-state index in [4.69, 9.17) is 25.9 Å². The zero-order valence-corrected chi connectivity index (χ0v) is 45.2. The van der Waals surface area contributed by atoms with Crippen LogP contribution in [0.3, 0.4) is 0 Å². The smallest absolute Gasteiger partial charge is 0.478 e. The summed E-state index contributed by atoms with van der Waals surface area (Å²) in [6, 6.07) is 28.4. The van der Waals surface area contributed by atoms with Crippen LogP contribution in [0.25, 0.3) is 11.3 Å². The largest absolute Gasteiger partial charge is 0.496 e. The lowest BCUT2D eigenvalue weighted by Crippen LogP contribution is -2.41. The van der Waals surface area contributed by atoms with E-state index in [0.717, 1.165) is 46.4 Å². The Hall–Kier alpha value is -9.07. The summed E-state index contributed by atoms with van der Waals surface area (Å²) in [7, 11) is -0.363. The van der Waals surface area contributed by atoms with Gasteiger partial charge in [-0.15, -0.1) is 20.4 Å². The number of nitrogen functional groups attached to an aromatic ring is 2. The van der Waals surface area contributed by atoms with Gasteiger partial charge in [0.1, 0.15) is 30.1 Å². The average Bonchev–Trinajstić information content (AvgIpc) is 4.24. The molecule has 3 aromatic carbocycles. The van der Waals surface area contributed by atoms with Crippen LogP contribution in [-0.4, -0.2) is 79.5 Å². The van der Waals surface area contributed by atoms with E-state index in [1.807, 2.05) is 39.8 Å². The summed E-state index contributed by atoms with van der Waals surface area (Å²) in [5, 5.41) is 26.9. The van der Waals surface area contributed by atoms with Crippen molar-refractivity contribution in [2.75, 3.05) is 16.8 Å². The van der Waals surface area contributed by atoms with E-state index >= 15 is 0 Å². The molecule has 1 aliphatic rings. The van der Waals surface area contributed by atoms with Gasteiger partial charge < -0.3 is 31.2 Å². The number of anilines is 3. The zero-order valence-electron chi connectivity index (χ0n) is 43.6. The molecule has 1 amide bonds. The summed E-state index contributed by atoms with van der Waals surface area (Å²) in [6.07, 6.45) is 11.9. The van der Waals surface area contributed by atoms with Crippen molar-refractivity contribution >= 4 is 69.1 Å². The molecule has 6 N–H and O–H groups in total. The van der Waals surface area contributed by atoms with Crippen molar-refractivity contribution in [3.05, 3.63) is 233 Å². The average molecular weight is 1180 g/mol. The first-order valence-electron chi connectivity index (χ1n) is 24.3. The predicted octanol–water partition coefficient (Wildman–Crippen LogP) is 10.0. The van der Waals surface area contributed by atoms with Crippen LogP contribution >= 0.6 is 15.9 Å². The summed E-state index contributed by atoms with van der Waals surface area (Å²) in [5.74, 6) is -4.96. The maximum atomic E-state index is 13.3. The molecule has 11 rings (SSSR count). The lowest BCUT2D eigenvalue weighted by Gasteiger charge is -2.32. The highest BCUT2D eigenvalue weighted by Crippen LogP contribution is 2.36. The van der Waals surface area contributed by atoms with Gasteiger partial charge >= 0.3 is 13.1 Å². The minimum atomic E-state index is -0.953. The molecule has 0 bridgehead atoms. The Morgan fingerprint density at radius 3 is 1.46 bits per heavy atom. The first-order chi connectivity index (χ1) is 38.6. The first kappa shape index (κ1) is 59.6. The van der Waals surface area contributed by atoms with Crippen molar-refractivity contribution in [1.29, 1.82) is 0 Å². The highest BCUT2D eigenvalue weighted by atomic mass is 79.9. The molecule has 17 nitrogen and oxygen atoms in total. The van der Waals surface area contributed by atoms with Crippen LogP contribution in [0.1, 0.15) is 76.2 Å². The topological polar surface area (TPSA) is 236 Å². The van der Waals surface area contributed by atoms with Gasteiger partial charge in [-0.3, -0.25) is 13.6 Å². The van der Waals surface area contributed by atoms with E-state index < -0.39 is 40.9 Å². The SMILES string of the molecule is CC1(C)OB(c2ccc(N)nc2)OC1(C)C.Fc1ccc(CBr)cc1F.Nc1ccc(Cc2ccc(F)c(F)c2)cn1.O=C(Nc1ccc(Cc2ccc(F)c(F)c2)cn1)c1ccc2nncn2c1.O=C(O)c1ccc2nncn2c1. The lowest BCUT2D eigenvalue weighted by atomic mass is 9.80. The number of aromatic carboxylic acids is 1. The molecule has 1 aliphatic heterocycles. The Kier molecular flexibility index (Phi) is 19.7. The molecule has 0 saturated carbocycles. The van der Waals surface area contributed by atoms with Crippen LogP contribution in [0.15, 0.2) is 159 Å². The number of rotatable bonds is 9. The number of benzene rings is 3. The van der Waals surface area contributed by atoms with Crippen molar-refractivity contribution in [3.63, 3.8) is 0 Å². The number of aromatic nitrogens is 9. The highest BCUT2D eigenvalue weighted by Gasteiger charge is 2.51. The van der Waals surface area contributed by atoms with E-state index in [2.05, 4.69) is 56.6 Å². The zero-order chi connectivity index (χ0) is 58.4. The second-order valence-corrected chi connectivity index (χ2v) is 19.3. The van der Waals surface area contributed by atoms with Gasteiger partial charge in [0.2, 0.25) is 0 Å². The van der Waals surface area contributed by atoms with Crippen LogP contribution in [0.5, 0.6) is 0 Å². The normalized spacial score (nSPS) is 12.9. The number of carboxylic acid groups (broad SMARTS) is 1. The Labute approximate surface area is 468 Å². The molecule has 1 fully saturated rings. The number of carbonyl (C=O) groups is 2. The highest BCUT2D eigenvalue weighted by molar-refractivity contribution is 9.08. The summed E-state index contributed by atoms with van der Waals surface area (Å²) in [4.78, 5) is 35.0. The summed E-state index contributed by atoms with van der Waals surface area (Å²) in [5.41, 5.74) is 17.0. The van der Waals surface area contributed by atoms with Gasteiger partial charge in [-0.1, -0.05) is 52.3 Å². The molecule has 10 aromatic rings. The monoisotopic (exact) mass is 1170 g/mol. The molecular weight excluding hydrogens is 1130 g/mol. The molecule has 8 heterocycles. The number of fused-ring (bicyclic) bond motifs is 2. The van der Waals surface area contributed by atoms with Crippen molar-refractivity contribution in [1.82, 2.24) is 44.1 Å². The summed E-state index contributed by atoms with van der Waals surface area (Å²) in [6.45, 7) is 8.10. The molecule has 81 heavy (non-hydrogen) atoms. The van der Waals surface area contributed by atoms with E-state index in [-0.39, 0.29) is 29.8 Å². The Morgan fingerprint density at radius 2 is 1.01 bits per heavy atom. The maximum absolute atomic E-state index is 13.3.